The molecule has 0 aliphatic carbocycles. The molecule has 0 aliphatic heterocycles. The van der Waals surface area contributed by atoms with Crippen molar-refractivity contribution >= 4 is 5.97 Å². The van der Waals surface area contributed by atoms with Crippen molar-refractivity contribution in [3.8, 4) is 0 Å². The second-order valence-corrected chi connectivity index (χ2v) is 7.03. The number of carbonyl (C=O) groups is 1. The van der Waals surface area contributed by atoms with Gasteiger partial charge in [-0.2, -0.15) is 0 Å². The van der Waals surface area contributed by atoms with Crippen LogP contribution in [-0.2, 0) is 23.7 Å². The summed E-state index contributed by atoms with van der Waals surface area (Å²) < 4.78 is 22.6. The average molecular weight is 391 g/mol. The van der Waals surface area contributed by atoms with Crippen molar-refractivity contribution in [2.75, 3.05) is 40.6 Å². The molecule has 1 N–H and O–H groups in total. The molecule has 0 saturated carbocycles. The van der Waals surface area contributed by atoms with Crippen LogP contribution in [0.25, 0.3) is 0 Å². The Kier molecular flexibility index (Phi) is 17.0. The first-order chi connectivity index (χ1) is 13.1. The van der Waals surface area contributed by atoms with E-state index in [1.807, 2.05) is 6.92 Å². The summed E-state index contributed by atoms with van der Waals surface area (Å²) in [5.74, 6) is -1.52. The van der Waals surface area contributed by atoms with Gasteiger partial charge in [-0.3, -0.25) is 4.79 Å². The highest BCUT2D eigenvalue weighted by atomic mass is 16.7. The molecule has 0 saturated heterocycles. The Morgan fingerprint density at radius 3 is 1.89 bits per heavy atom. The lowest BCUT2D eigenvalue weighted by Gasteiger charge is -2.40. The van der Waals surface area contributed by atoms with Crippen LogP contribution >= 0.6 is 0 Å². The van der Waals surface area contributed by atoms with Gasteiger partial charge in [0.1, 0.15) is 0 Å². The van der Waals surface area contributed by atoms with Crippen molar-refractivity contribution in [3.63, 3.8) is 0 Å². The number of carboxylic acid groups (broad SMARTS) is 1. The van der Waals surface area contributed by atoms with Crippen LogP contribution in [0.1, 0.15) is 78.1 Å². The second-order valence-electron chi connectivity index (χ2n) is 7.03. The maximum absolute atomic E-state index is 11.2. The van der Waals surface area contributed by atoms with E-state index in [-0.39, 0.29) is 12.3 Å². The molecule has 1 atom stereocenters. The first-order valence-corrected chi connectivity index (χ1v) is 10.5. The smallest absolute Gasteiger partial charge is 0.303 e. The molecular weight excluding hydrogens is 348 g/mol. The monoisotopic (exact) mass is 390 g/mol. The number of rotatable bonds is 20. The number of unbranched alkanes of at least 4 members (excludes halogenated alkanes) is 5. The molecular formula is C21H42O6. The minimum absolute atomic E-state index is 0.0403. The van der Waals surface area contributed by atoms with Gasteiger partial charge in [0.25, 0.3) is 0 Å². The van der Waals surface area contributed by atoms with Crippen molar-refractivity contribution in [1.29, 1.82) is 0 Å². The van der Waals surface area contributed by atoms with Gasteiger partial charge in [0, 0.05) is 26.6 Å². The van der Waals surface area contributed by atoms with E-state index in [9.17, 15) is 9.90 Å². The highest BCUT2D eigenvalue weighted by Gasteiger charge is 2.39. The molecule has 0 aliphatic rings. The van der Waals surface area contributed by atoms with Crippen LogP contribution in [0.3, 0.4) is 0 Å². The molecule has 0 heterocycles. The Morgan fingerprint density at radius 1 is 0.852 bits per heavy atom. The van der Waals surface area contributed by atoms with Crippen molar-refractivity contribution in [2.45, 2.75) is 83.8 Å². The van der Waals surface area contributed by atoms with E-state index < -0.39 is 11.8 Å². The lowest BCUT2D eigenvalue weighted by Crippen LogP contribution is -2.45. The minimum Gasteiger partial charge on any atom is -0.481 e. The summed E-state index contributed by atoms with van der Waals surface area (Å²) in [6.07, 6.45) is 9.51. The maximum Gasteiger partial charge on any atom is 0.303 e. The van der Waals surface area contributed by atoms with Crippen LogP contribution in [0.2, 0.25) is 0 Å². The molecule has 0 amide bonds. The van der Waals surface area contributed by atoms with Crippen molar-refractivity contribution in [3.05, 3.63) is 0 Å². The zero-order valence-electron chi connectivity index (χ0n) is 18.0. The third kappa shape index (κ3) is 12.4. The van der Waals surface area contributed by atoms with Crippen LogP contribution in [-0.4, -0.2) is 57.5 Å². The lowest BCUT2D eigenvalue weighted by atomic mass is 9.86. The molecule has 0 spiro atoms. The molecule has 0 radical (unpaired) electrons. The van der Waals surface area contributed by atoms with Crippen LogP contribution in [0.5, 0.6) is 0 Å². The van der Waals surface area contributed by atoms with Gasteiger partial charge in [0.15, 0.2) is 5.79 Å². The van der Waals surface area contributed by atoms with E-state index in [2.05, 4.69) is 6.92 Å². The number of aliphatic carboxylic acids is 1. The van der Waals surface area contributed by atoms with Crippen LogP contribution in [0.15, 0.2) is 0 Å². The highest BCUT2D eigenvalue weighted by Crippen LogP contribution is 2.35. The summed E-state index contributed by atoms with van der Waals surface area (Å²) in [5.41, 5.74) is 0. The molecule has 1 unspecified atom stereocenters. The summed E-state index contributed by atoms with van der Waals surface area (Å²) in [4.78, 5) is 11.2. The van der Waals surface area contributed by atoms with Gasteiger partial charge >= 0.3 is 5.97 Å². The van der Waals surface area contributed by atoms with Crippen LogP contribution in [0.4, 0.5) is 0 Å². The third-order valence-corrected chi connectivity index (χ3v) is 5.00. The van der Waals surface area contributed by atoms with Crippen LogP contribution in [0, 0.1) is 5.92 Å². The minimum atomic E-state index is -0.782. The van der Waals surface area contributed by atoms with Crippen molar-refractivity contribution in [1.82, 2.24) is 0 Å². The summed E-state index contributed by atoms with van der Waals surface area (Å²) in [6, 6.07) is 0. The number of hydrogen-bond donors (Lipinski definition) is 1. The second kappa shape index (κ2) is 17.4. The van der Waals surface area contributed by atoms with Gasteiger partial charge in [-0.05, 0) is 19.3 Å². The Labute approximate surface area is 165 Å². The quantitative estimate of drug-likeness (QED) is 0.241. The Balaban J connectivity index is 4.98. The van der Waals surface area contributed by atoms with E-state index >= 15 is 0 Å². The summed E-state index contributed by atoms with van der Waals surface area (Å²) >= 11 is 0. The Bertz CT molecular complexity index is 338. The SMILES string of the molecule is CCCCCCCCC(CCC(=O)O)C(CC)(OCCOC)OCCOC. The molecule has 27 heavy (non-hydrogen) atoms. The zero-order valence-corrected chi connectivity index (χ0v) is 18.0. The third-order valence-electron chi connectivity index (χ3n) is 5.00. The molecule has 0 fully saturated rings. The standard InChI is InChI=1S/C21H42O6/c1-5-7-8-9-10-11-12-19(13-14-20(22)23)21(6-2,26-17-15-24-3)27-18-16-25-4/h19H,5-18H2,1-4H3,(H,22,23). The molecule has 6 heteroatoms. The van der Waals surface area contributed by atoms with Crippen molar-refractivity contribution in [2.24, 2.45) is 5.92 Å². The van der Waals surface area contributed by atoms with Gasteiger partial charge in [0.2, 0.25) is 0 Å². The van der Waals surface area contributed by atoms with E-state index in [1.54, 1.807) is 14.2 Å². The van der Waals surface area contributed by atoms with Gasteiger partial charge in [-0.25, -0.2) is 0 Å². The first-order valence-electron chi connectivity index (χ1n) is 10.5. The molecule has 0 rings (SSSR count). The highest BCUT2D eigenvalue weighted by molar-refractivity contribution is 5.66. The Morgan fingerprint density at radius 2 is 1.41 bits per heavy atom. The topological polar surface area (TPSA) is 74.2 Å². The number of methoxy groups -OCH3 is 2. The molecule has 0 aromatic carbocycles. The van der Waals surface area contributed by atoms with Gasteiger partial charge in [0.05, 0.1) is 26.4 Å². The van der Waals surface area contributed by atoms with E-state index in [4.69, 9.17) is 18.9 Å². The fraction of sp³-hybridized carbons (Fsp3) is 0.952. The molecule has 0 aromatic rings. The molecule has 0 aromatic heterocycles. The first kappa shape index (κ1) is 26.3. The normalized spacial score (nSPS) is 13.0. The maximum atomic E-state index is 11.2. The molecule has 162 valence electrons. The molecule has 0 bridgehead atoms. The predicted octanol–water partition coefficient (Wildman–Crippen LogP) is 4.65. The van der Waals surface area contributed by atoms with Gasteiger partial charge in [-0.15, -0.1) is 0 Å². The fourth-order valence-electron chi connectivity index (χ4n) is 3.42. The van der Waals surface area contributed by atoms with E-state index in [1.165, 1.54) is 32.1 Å². The number of hydrogen-bond acceptors (Lipinski definition) is 5. The number of ether oxygens (including phenoxy) is 4. The Hall–Kier alpha value is -0.690. The lowest BCUT2D eigenvalue weighted by molar-refractivity contribution is -0.277. The molecule has 6 nitrogen and oxygen atoms in total. The fourth-order valence-corrected chi connectivity index (χ4v) is 3.42. The van der Waals surface area contributed by atoms with Crippen LogP contribution < -0.4 is 0 Å². The van der Waals surface area contributed by atoms with E-state index in [0.29, 0.717) is 39.3 Å². The van der Waals surface area contributed by atoms with Gasteiger partial charge in [-0.1, -0.05) is 52.4 Å². The summed E-state index contributed by atoms with van der Waals surface area (Å²) in [5, 5.41) is 9.18. The zero-order chi connectivity index (χ0) is 20.4. The van der Waals surface area contributed by atoms with Gasteiger partial charge < -0.3 is 24.1 Å². The summed E-state index contributed by atoms with van der Waals surface area (Å²) in [6.45, 7) is 6.08. The largest absolute Gasteiger partial charge is 0.481 e. The predicted molar refractivity (Wildman–Crippen MR) is 107 cm³/mol. The summed E-state index contributed by atoms with van der Waals surface area (Å²) in [7, 11) is 3.28. The number of carboxylic acids is 1. The van der Waals surface area contributed by atoms with E-state index in [0.717, 1.165) is 12.8 Å². The van der Waals surface area contributed by atoms with Crippen molar-refractivity contribution < 1.29 is 28.8 Å². The average Bonchev–Trinajstić information content (AvgIpc) is 2.66.